The number of nitrogens with two attached hydrogens (primary N) is 1. The summed E-state index contributed by atoms with van der Waals surface area (Å²) in [5.74, 6) is -0.151. The first-order chi connectivity index (χ1) is 8.38. The van der Waals surface area contributed by atoms with Gasteiger partial charge in [-0.1, -0.05) is 6.07 Å². The number of rotatable bonds is 7. The zero-order valence-electron chi connectivity index (χ0n) is 10.1. The van der Waals surface area contributed by atoms with Crippen LogP contribution >= 0.6 is 0 Å². The molecule has 0 amide bonds. The lowest BCUT2D eigenvalue weighted by molar-refractivity contribution is 0.111. The molecule has 0 fully saturated rings. The minimum absolute atomic E-state index is 0.0183. The van der Waals surface area contributed by atoms with E-state index in [-0.39, 0.29) is 31.4 Å². The Bertz CT molecular complexity index is 490. The zero-order valence-corrected chi connectivity index (χ0v) is 10.9. The van der Waals surface area contributed by atoms with Crippen molar-refractivity contribution in [3.05, 3.63) is 29.6 Å². The van der Waals surface area contributed by atoms with E-state index in [2.05, 4.69) is 0 Å². The van der Waals surface area contributed by atoms with Gasteiger partial charge < -0.3 is 9.47 Å². The zero-order chi connectivity index (χ0) is 13.6. The number of hydrogen-bond donors (Lipinski definition) is 1. The summed E-state index contributed by atoms with van der Waals surface area (Å²) < 4.78 is 44.5. The summed E-state index contributed by atoms with van der Waals surface area (Å²) in [6.07, 6.45) is 0. The Morgan fingerprint density at radius 1 is 1.28 bits per heavy atom. The molecule has 0 aliphatic heterocycles. The predicted octanol–water partition coefficient (Wildman–Crippen LogP) is 0.818. The molecule has 0 aliphatic carbocycles. The van der Waals surface area contributed by atoms with Crippen molar-refractivity contribution >= 4 is 10.0 Å². The minimum Gasteiger partial charge on any atom is -0.491 e. The average Bonchev–Trinajstić information content (AvgIpc) is 2.26. The Balaban J connectivity index is 2.20. The van der Waals surface area contributed by atoms with Crippen molar-refractivity contribution in [2.24, 2.45) is 5.14 Å². The van der Waals surface area contributed by atoms with Crippen LogP contribution in [0.5, 0.6) is 5.75 Å². The third-order valence-corrected chi connectivity index (χ3v) is 2.89. The van der Waals surface area contributed by atoms with Gasteiger partial charge in [-0.05, 0) is 18.6 Å². The van der Waals surface area contributed by atoms with Gasteiger partial charge in [-0.25, -0.2) is 17.9 Å². The van der Waals surface area contributed by atoms with Gasteiger partial charge in [-0.2, -0.15) is 0 Å². The molecule has 0 saturated heterocycles. The van der Waals surface area contributed by atoms with Gasteiger partial charge in [-0.3, -0.25) is 0 Å². The van der Waals surface area contributed by atoms with E-state index in [0.29, 0.717) is 11.3 Å². The lowest BCUT2D eigenvalue weighted by Gasteiger charge is -2.07. The molecule has 0 aliphatic rings. The van der Waals surface area contributed by atoms with Crippen LogP contribution in [-0.4, -0.2) is 34.0 Å². The highest BCUT2D eigenvalue weighted by Crippen LogP contribution is 2.15. The van der Waals surface area contributed by atoms with E-state index in [1.807, 2.05) is 0 Å². The van der Waals surface area contributed by atoms with Gasteiger partial charge >= 0.3 is 0 Å². The van der Waals surface area contributed by atoms with Crippen LogP contribution in [-0.2, 0) is 14.8 Å². The number of hydrogen-bond acceptors (Lipinski definition) is 4. The van der Waals surface area contributed by atoms with Crippen LogP contribution in [0.2, 0.25) is 0 Å². The molecule has 1 aromatic rings. The summed E-state index contributed by atoms with van der Waals surface area (Å²) in [5.41, 5.74) is 0.548. The largest absolute Gasteiger partial charge is 0.491 e. The predicted molar refractivity (Wildman–Crippen MR) is 65.4 cm³/mol. The highest BCUT2D eigenvalue weighted by molar-refractivity contribution is 7.89. The van der Waals surface area contributed by atoms with Crippen molar-refractivity contribution in [2.75, 3.05) is 25.6 Å². The van der Waals surface area contributed by atoms with Crippen molar-refractivity contribution in [3.8, 4) is 5.75 Å². The van der Waals surface area contributed by atoms with Crippen LogP contribution < -0.4 is 9.88 Å². The highest BCUT2D eigenvalue weighted by atomic mass is 32.2. The maximum atomic E-state index is 13.1. The van der Waals surface area contributed by atoms with Crippen molar-refractivity contribution in [1.82, 2.24) is 0 Å². The van der Waals surface area contributed by atoms with Gasteiger partial charge in [0.1, 0.15) is 18.2 Å². The smallest absolute Gasteiger partial charge is 0.211 e. The number of primary sulfonamides is 1. The van der Waals surface area contributed by atoms with Gasteiger partial charge in [-0.15, -0.1) is 0 Å². The van der Waals surface area contributed by atoms with E-state index in [9.17, 15) is 12.8 Å². The van der Waals surface area contributed by atoms with E-state index in [0.717, 1.165) is 0 Å². The number of aryl methyl sites for hydroxylation is 1. The fourth-order valence-electron chi connectivity index (χ4n) is 1.16. The van der Waals surface area contributed by atoms with E-state index < -0.39 is 10.0 Å². The van der Waals surface area contributed by atoms with Crippen LogP contribution in [0.1, 0.15) is 5.56 Å². The van der Waals surface area contributed by atoms with E-state index in [1.54, 1.807) is 19.1 Å². The quantitative estimate of drug-likeness (QED) is 0.748. The van der Waals surface area contributed by atoms with Gasteiger partial charge in [0.25, 0.3) is 0 Å². The first kappa shape index (κ1) is 14.9. The summed E-state index contributed by atoms with van der Waals surface area (Å²) in [6.45, 7) is 2.11. The SMILES string of the molecule is Cc1ccc(OCCOCCS(N)(=O)=O)cc1F. The normalized spacial score (nSPS) is 11.5. The minimum atomic E-state index is -3.49. The highest BCUT2D eigenvalue weighted by Gasteiger charge is 2.02. The third kappa shape index (κ3) is 5.95. The topological polar surface area (TPSA) is 78.6 Å². The molecular formula is C11H16FNO4S. The molecule has 5 nitrogen and oxygen atoms in total. The van der Waals surface area contributed by atoms with Crippen molar-refractivity contribution in [1.29, 1.82) is 0 Å². The summed E-state index contributed by atoms with van der Waals surface area (Å²) in [4.78, 5) is 0. The molecule has 0 aromatic heterocycles. The summed E-state index contributed by atoms with van der Waals surface area (Å²) in [5, 5.41) is 4.79. The first-order valence-corrected chi connectivity index (χ1v) is 7.07. The van der Waals surface area contributed by atoms with Crippen molar-refractivity contribution in [2.45, 2.75) is 6.92 Å². The lowest BCUT2D eigenvalue weighted by Crippen LogP contribution is -2.21. The number of benzene rings is 1. The molecule has 7 heteroatoms. The summed E-state index contributed by atoms with van der Waals surface area (Å²) in [7, 11) is -3.49. The second-order valence-corrected chi connectivity index (χ2v) is 5.47. The molecule has 0 bridgehead atoms. The number of ether oxygens (including phenoxy) is 2. The van der Waals surface area contributed by atoms with Gasteiger partial charge in [0.05, 0.1) is 19.0 Å². The molecule has 102 valence electrons. The van der Waals surface area contributed by atoms with Gasteiger partial charge in [0.2, 0.25) is 10.0 Å². The Morgan fingerprint density at radius 3 is 2.61 bits per heavy atom. The standard InChI is InChI=1S/C11H16FNO4S/c1-9-2-3-10(8-11(9)12)17-5-4-16-6-7-18(13,14)15/h2-3,8H,4-7H2,1H3,(H2,13,14,15). The van der Waals surface area contributed by atoms with Crippen molar-refractivity contribution < 1.29 is 22.3 Å². The molecule has 0 heterocycles. The third-order valence-electron chi connectivity index (χ3n) is 2.15. The van der Waals surface area contributed by atoms with Crippen LogP contribution in [0.25, 0.3) is 0 Å². The Morgan fingerprint density at radius 2 is 2.00 bits per heavy atom. The molecule has 0 atom stereocenters. The van der Waals surface area contributed by atoms with E-state index in [4.69, 9.17) is 14.6 Å². The fourth-order valence-corrected chi connectivity index (χ4v) is 1.51. The molecule has 0 unspecified atom stereocenters. The monoisotopic (exact) mass is 277 g/mol. The maximum Gasteiger partial charge on any atom is 0.211 e. The summed E-state index contributed by atoms with van der Waals surface area (Å²) in [6, 6.07) is 4.56. The van der Waals surface area contributed by atoms with Crippen LogP contribution in [0, 0.1) is 12.7 Å². The van der Waals surface area contributed by atoms with Gasteiger partial charge in [0.15, 0.2) is 0 Å². The second-order valence-electron chi connectivity index (χ2n) is 3.74. The molecular weight excluding hydrogens is 261 g/mol. The van der Waals surface area contributed by atoms with Crippen LogP contribution in [0.15, 0.2) is 18.2 Å². The van der Waals surface area contributed by atoms with E-state index >= 15 is 0 Å². The summed E-state index contributed by atoms with van der Waals surface area (Å²) >= 11 is 0. The number of halogens is 1. The molecule has 2 N–H and O–H groups in total. The van der Waals surface area contributed by atoms with E-state index in [1.165, 1.54) is 6.07 Å². The van der Waals surface area contributed by atoms with Crippen LogP contribution in [0.3, 0.4) is 0 Å². The number of sulfonamides is 1. The Kier molecular flexibility index (Phi) is 5.52. The van der Waals surface area contributed by atoms with Gasteiger partial charge in [0, 0.05) is 6.07 Å². The molecule has 1 aromatic carbocycles. The second kappa shape index (κ2) is 6.67. The average molecular weight is 277 g/mol. The molecule has 18 heavy (non-hydrogen) atoms. The maximum absolute atomic E-state index is 13.1. The fraction of sp³-hybridized carbons (Fsp3) is 0.455. The molecule has 0 saturated carbocycles. The van der Waals surface area contributed by atoms with Crippen molar-refractivity contribution in [3.63, 3.8) is 0 Å². The Hall–Kier alpha value is -1.18. The molecule has 0 spiro atoms. The lowest BCUT2D eigenvalue weighted by atomic mass is 10.2. The molecule has 0 radical (unpaired) electrons. The van der Waals surface area contributed by atoms with Crippen LogP contribution in [0.4, 0.5) is 4.39 Å². The molecule has 1 rings (SSSR count). The Labute approximate surface area is 106 Å². The first-order valence-electron chi connectivity index (χ1n) is 5.35.